The van der Waals surface area contributed by atoms with Crippen molar-refractivity contribution < 1.29 is 13.9 Å². The quantitative estimate of drug-likeness (QED) is 0.261. The maximum Gasteiger partial charge on any atom is 0.251 e. The molecule has 2 saturated heterocycles. The fourth-order valence-electron chi connectivity index (χ4n) is 6.29. The molecule has 1 unspecified atom stereocenters. The SMILES string of the molecule is CN1CCCC1CCNC(=O)c1cc(Oc2ccc(Cl)cc2)c2c(c1)c1ccccc1n2C[C@@H]1CCNC[C@H]1F. The van der Waals surface area contributed by atoms with Gasteiger partial charge in [0.05, 0.1) is 5.52 Å². The van der Waals surface area contributed by atoms with Gasteiger partial charge >= 0.3 is 0 Å². The molecule has 0 bridgehead atoms. The Morgan fingerprint density at radius 2 is 1.95 bits per heavy atom. The number of hydrogen-bond donors (Lipinski definition) is 2. The molecule has 0 spiro atoms. The second kappa shape index (κ2) is 11.8. The molecule has 4 aromatic rings. The van der Waals surface area contributed by atoms with E-state index in [0.29, 0.717) is 47.8 Å². The first kappa shape index (κ1) is 27.1. The molecule has 6 nitrogen and oxygen atoms in total. The van der Waals surface area contributed by atoms with Crippen molar-refractivity contribution in [3.8, 4) is 11.5 Å². The van der Waals surface area contributed by atoms with Gasteiger partial charge in [-0.05, 0) is 88.3 Å². The molecule has 0 aliphatic carbocycles. The summed E-state index contributed by atoms with van der Waals surface area (Å²) in [5, 5.41) is 8.85. The number of piperidine rings is 1. The van der Waals surface area contributed by atoms with Crippen molar-refractivity contribution >= 4 is 39.3 Å². The first-order valence-corrected chi connectivity index (χ1v) is 14.7. The summed E-state index contributed by atoms with van der Waals surface area (Å²) in [5.74, 6) is 0.957. The highest BCUT2D eigenvalue weighted by Crippen LogP contribution is 2.39. The molecule has 3 atom stereocenters. The zero-order chi connectivity index (χ0) is 27.6. The molecule has 3 aromatic carbocycles. The number of amides is 1. The Bertz CT molecular complexity index is 1500. The summed E-state index contributed by atoms with van der Waals surface area (Å²) in [4.78, 5) is 15.8. The van der Waals surface area contributed by atoms with Gasteiger partial charge in [0, 0.05) is 58.5 Å². The number of rotatable bonds is 8. The van der Waals surface area contributed by atoms with E-state index in [-0.39, 0.29) is 11.8 Å². The Balaban J connectivity index is 1.40. The van der Waals surface area contributed by atoms with Crippen LogP contribution in [0, 0.1) is 5.92 Å². The first-order chi connectivity index (χ1) is 19.5. The second-order valence-electron chi connectivity index (χ2n) is 11.1. The summed E-state index contributed by atoms with van der Waals surface area (Å²) in [7, 11) is 2.15. The Morgan fingerprint density at radius 3 is 2.73 bits per heavy atom. The van der Waals surface area contributed by atoms with Crippen LogP contribution in [-0.4, -0.2) is 60.8 Å². The molecule has 8 heteroatoms. The second-order valence-corrected chi connectivity index (χ2v) is 11.6. The number of likely N-dealkylation sites (tertiary alicyclic amines) is 1. The summed E-state index contributed by atoms with van der Waals surface area (Å²) in [5.41, 5.74) is 2.42. The maximum absolute atomic E-state index is 15.0. The minimum Gasteiger partial charge on any atom is -0.455 e. The molecule has 0 radical (unpaired) electrons. The van der Waals surface area contributed by atoms with Crippen molar-refractivity contribution in [1.29, 1.82) is 0 Å². The normalized spacial score (nSPS) is 21.7. The van der Waals surface area contributed by atoms with E-state index in [1.807, 2.05) is 36.4 Å². The predicted octanol–water partition coefficient (Wildman–Crippen LogP) is 6.40. The summed E-state index contributed by atoms with van der Waals surface area (Å²) in [6.07, 6.45) is 3.15. The number of para-hydroxylation sites is 1. The van der Waals surface area contributed by atoms with Crippen molar-refractivity contribution in [3.63, 3.8) is 0 Å². The van der Waals surface area contributed by atoms with Crippen molar-refractivity contribution in [3.05, 3.63) is 71.2 Å². The van der Waals surface area contributed by atoms with Crippen molar-refractivity contribution in [2.75, 3.05) is 33.2 Å². The third kappa shape index (κ3) is 5.55. The molecule has 2 N–H and O–H groups in total. The van der Waals surface area contributed by atoms with Gasteiger partial charge in [0.1, 0.15) is 11.9 Å². The van der Waals surface area contributed by atoms with Crippen LogP contribution in [0.4, 0.5) is 4.39 Å². The lowest BCUT2D eigenvalue weighted by atomic mass is 9.96. The molecule has 0 saturated carbocycles. The van der Waals surface area contributed by atoms with Crippen LogP contribution < -0.4 is 15.4 Å². The smallest absolute Gasteiger partial charge is 0.251 e. The van der Waals surface area contributed by atoms with Gasteiger partial charge in [-0.1, -0.05) is 29.8 Å². The summed E-state index contributed by atoms with van der Waals surface area (Å²) in [6.45, 7) is 3.44. The minimum atomic E-state index is -0.922. The van der Waals surface area contributed by atoms with E-state index in [1.54, 1.807) is 12.1 Å². The lowest BCUT2D eigenvalue weighted by Gasteiger charge is -2.28. The van der Waals surface area contributed by atoms with E-state index in [4.69, 9.17) is 16.3 Å². The number of carbonyl (C=O) groups is 1. The number of ether oxygens (including phenoxy) is 1. The van der Waals surface area contributed by atoms with Crippen molar-refractivity contribution in [2.45, 2.75) is 44.4 Å². The average Bonchev–Trinajstić information content (AvgIpc) is 3.52. The Morgan fingerprint density at radius 1 is 1.12 bits per heavy atom. The van der Waals surface area contributed by atoms with Gasteiger partial charge in [0.25, 0.3) is 5.91 Å². The number of alkyl halides is 1. The molecule has 3 heterocycles. The monoisotopic (exact) mass is 562 g/mol. The molecule has 1 amide bonds. The molecule has 6 rings (SSSR count). The number of nitrogens with zero attached hydrogens (tertiary/aromatic N) is 2. The zero-order valence-corrected chi connectivity index (χ0v) is 23.6. The summed E-state index contributed by atoms with van der Waals surface area (Å²) >= 11 is 6.13. The highest BCUT2D eigenvalue weighted by atomic mass is 35.5. The maximum atomic E-state index is 15.0. The number of aromatic nitrogens is 1. The van der Waals surface area contributed by atoms with Gasteiger partial charge in [-0.2, -0.15) is 0 Å². The molecule has 40 heavy (non-hydrogen) atoms. The highest BCUT2D eigenvalue weighted by Gasteiger charge is 2.28. The number of carbonyl (C=O) groups excluding carboxylic acids is 1. The average molecular weight is 563 g/mol. The lowest BCUT2D eigenvalue weighted by Crippen LogP contribution is -2.39. The standard InChI is InChI=1S/C32H36ClFN4O2/c1-37-16-4-5-24(37)13-15-36-32(39)22-17-27-26-6-2-3-7-29(26)38(20-21-12-14-35-19-28(21)34)31(27)30(18-22)40-25-10-8-23(33)9-11-25/h2-3,6-11,17-18,21,24,28,35H,4-5,12-16,19-20H2,1H3,(H,36,39)/t21-,24?,28+/m0/s1. The van der Waals surface area contributed by atoms with Crippen molar-refractivity contribution in [2.24, 2.45) is 5.92 Å². The zero-order valence-electron chi connectivity index (χ0n) is 22.8. The van der Waals surface area contributed by atoms with Gasteiger partial charge < -0.3 is 24.8 Å². The molecular weight excluding hydrogens is 527 g/mol. The van der Waals surface area contributed by atoms with E-state index in [0.717, 1.165) is 47.7 Å². The van der Waals surface area contributed by atoms with E-state index in [1.165, 1.54) is 12.8 Å². The fourth-order valence-corrected chi connectivity index (χ4v) is 6.42. The third-order valence-electron chi connectivity index (χ3n) is 8.53. The molecular formula is C32H36ClFN4O2. The summed E-state index contributed by atoms with van der Waals surface area (Å²) < 4.78 is 23.6. The number of fused-ring (bicyclic) bond motifs is 3. The van der Waals surface area contributed by atoms with Gasteiger partial charge in [-0.25, -0.2) is 4.39 Å². The molecule has 2 aliphatic rings. The van der Waals surface area contributed by atoms with Crippen LogP contribution in [0.5, 0.6) is 11.5 Å². The topological polar surface area (TPSA) is 58.5 Å². The molecule has 210 valence electrons. The van der Waals surface area contributed by atoms with E-state index >= 15 is 0 Å². The molecule has 2 aliphatic heterocycles. The van der Waals surface area contributed by atoms with Crippen LogP contribution in [0.2, 0.25) is 5.02 Å². The van der Waals surface area contributed by atoms with Crippen LogP contribution in [0.1, 0.15) is 36.0 Å². The van der Waals surface area contributed by atoms with Gasteiger partial charge in [0.15, 0.2) is 5.75 Å². The Hall–Kier alpha value is -3.13. The fraction of sp³-hybridized carbons (Fsp3) is 0.406. The van der Waals surface area contributed by atoms with Crippen LogP contribution in [0.25, 0.3) is 21.8 Å². The lowest BCUT2D eigenvalue weighted by molar-refractivity contribution is 0.0950. The van der Waals surface area contributed by atoms with Crippen LogP contribution in [-0.2, 0) is 6.54 Å². The van der Waals surface area contributed by atoms with Gasteiger partial charge in [0.2, 0.25) is 0 Å². The minimum absolute atomic E-state index is 0.111. The van der Waals surface area contributed by atoms with Gasteiger partial charge in [-0.3, -0.25) is 4.79 Å². The number of hydrogen-bond acceptors (Lipinski definition) is 4. The van der Waals surface area contributed by atoms with E-state index < -0.39 is 6.17 Å². The van der Waals surface area contributed by atoms with Crippen LogP contribution in [0.15, 0.2) is 60.7 Å². The van der Waals surface area contributed by atoms with E-state index in [9.17, 15) is 9.18 Å². The number of halogens is 2. The predicted molar refractivity (Wildman–Crippen MR) is 159 cm³/mol. The highest BCUT2D eigenvalue weighted by molar-refractivity contribution is 6.30. The Labute approximate surface area is 239 Å². The van der Waals surface area contributed by atoms with Gasteiger partial charge in [-0.15, -0.1) is 0 Å². The van der Waals surface area contributed by atoms with Crippen molar-refractivity contribution in [1.82, 2.24) is 20.1 Å². The Kier molecular flexibility index (Phi) is 7.96. The van der Waals surface area contributed by atoms with E-state index in [2.05, 4.69) is 39.3 Å². The first-order valence-electron chi connectivity index (χ1n) is 14.3. The largest absolute Gasteiger partial charge is 0.455 e. The van der Waals surface area contributed by atoms with Crippen LogP contribution in [0.3, 0.4) is 0 Å². The number of benzene rings is 3. The molecule has 2 fully saturated rings. The van der Waals surface area contributed by atoms with Crippen LogP contribution >= 0.6 is 11.6 Å². The third-order valence-corrected chi connectivity index (χ3v) is 8.78. The molecule has 1 aromatic heterocycles. The number of nitrogens with one attached hydrogen (secondary N) is 2. The summed E-state index contributed by atoms with van der Waals surface area (Å²) in [6, 6.07) is 19.6.